The van der Waals surface area contributed by atoms with Gasteiger partial charge in [-0.1, -0.05) is 12.8 Å². The molecule has 5 nitrogen and oxygen atoms in total. The van der Waals surface area contributed by atoms with E-state index in [0.29, 0.717) is 0 Å². The third-order valence-corrected chi connectivity index (χ3v) is 2.17. The Morgan fingerprint density at radius 3 is 3.15 bits per heavy atom. The molecule has 1 amide bonds. The molecule has 1 fully saturated rings. The van der Waals surface area contributed by atoms with Gasteiger partial charge in [0.25, 0.3) is 5.91 Å². The normalized spacial score (nSPS) is 15.7. The average Bonchev–Trinajstić information content (AvgIpc) is 2.80. The SMILES string of the molecule is O=C(NCCC1CC1)c1ncn[nH]1. The molecule has 0 atom stereocenters. The van der Waals surface area contributed by atoms with Gasteiger partial charge in [-0.15, -0.1) is 0 Å². The largest absolute Gasteiger partial charge is 0.349 e. The van der Waals surface area contributed by atoms with Gasteiger partial charge in [0.1, 0.15) is 6.33 Å². The summed E-state index contributed by atoms with van der Waals surface area (Å²) in [5.41, 5.74) is 0. The van der Waals surface area contributed by atoms with Gasteiger partial charge in [0.2, 0.25) is 5.82 Å². The van der Waals surface area contributed by atoms with Crippen LogP contribution in [0.3, 0.4) is 0 Å². The molecule has 1 aliphatic rings. The molecule has 1 aromatic rings. The molecule has 1 aliphatic carbocycles. The Morgan fingerprint density at radius 1 is 1.69 bits per heavy atom. The van der Waals surface area contributed by atoms with Gasteiger partial charge in [0.05, 0.1) is 0 Å². The fourth-order valence-electron chi connectivity index (χ4n) is 1.19. The molecule has 5 heteroatoms. The third-order valence-electron chi connectivity index (χ3n) is 2.17. The maximum Gasteiger partial charge on any atom is 0.288 e. The summed E-state index contributed by atoms with van der Waals surface area (Å²) >= 11 is 0. The minimum absolute atomic E-state index is 0.168. The van der Waals surface area contributed by atoms with Gasteiger partial charge in [0.15, 0.2) is 0 Å². The summed E-state index contributed by atoms with van der Waals surface area (Å²) in [7, 11) is 0. The Hall–Kier alpha value is -1.39. The quantitative estimate of drug-likeness (QED) is 0.701. The summed E-state index contributed by atoms with van der Waals surface area (Å²) in [6, 6.07) is 0. The van der Waals surface area contributed by atoms with Crippen molar-refractivity contribution < 1.29 is 4.79 Å². The van der Waals surface area contributed by atoms with Crippen LogP contribution in [0.1, 0.15) is 29.9 Å². The molecule has 1 aromatic heterocycles. The van der Waals surface area contributed by atoms with Crippen LogP contribution in [0.2, 0.25) is 0 Å². The molecule has 0 unspecified atom stereocenters. The summed E-state index contributed by atoms with van der Waals surface area (Å²) in [5, 5.41) is 8.90. The zero-order valence-corrected chi connectivity index (χ0v) is 7.29. The first-order chi connectivity index (χ1) is 6.36. The van der Waals surface area contributed by atoms with Crippen LogP contribution in [-0.4, -0.2) is 27.6 Å². The molecule has 1 heterocycles. The first-order valence-corrected chi connectivity index (χ1v) is 4.50. The number of hydrogen-bond acceptors (Lipinski definition) is 3. The van der Waals surface area contributed by atoms with Gasteiger partial charge in [-0.3, -0.25) is 9.89 Å². The molecule has 0 saturated heterocycles. The summed E-state index contributed by atoms with van der Waals surface area (Å²) in [4.78, 5) is 15.0. The van der Waals surface area contributed by atoms with E-state index in [0.717, 1.165) is 18.9 Å². The molecule has 0 spiro atoms. The van der Waals surface area contributed by atoms with Gasteiger partial charge < -0.3 is 5.32 Å². The third kappa shape index (κ3) is 2.27. The molecule has 2 rings (SSSR count). The number of hydrogen-bond donors (Lipinski definition) is 2. The number of nitrogens with zero attached hydrogens (tertiary/aromatic N) is 2. The Labute approximate surface area is 75.9 Å². The van der Waals surface area contributed by atoms with Crippen LogP contribution in [0.5, 0.6) is 0 Å². The lowest BCUT2D eigenvalue weighted by Gasteiger charge is -2.00. The van der Waals surface area contributed by atoms with Gasteiger partial charge in [-0.2, -0.15) is 5.10 Å². The predicted octanol–water partition coefficient (Wildman–Crippen LogP) is 0.335. The van der Waals surface area contributed by atoms with Crippen molar-refractivity contribution in [1.29, 1.82) is 0 Å². The monoisotopic (exact) mass is 180 g/mol. The highest BCUT2D eigenvalue weighted by Gasteiger charge is 2.20. The number of rotatable bonds is 4. The lowest BCUT2D eigenvalue weighted by molar-refractivity contribution is 0.0943. The van der Waals surface area contributed by atoms with E-state index in [9.17, 15) is 4.79 Å². The van der Waals surface area contributed by atoms with Crippen molar-refractivity contribution in [2.45, 2.75) is 19.3 Å². The van der Waals surface area contributed by atoms with Crippen molar-refractivity contribution >= 4 is 5.91 Å². The number of nitrogens with one attached hydrogen (secondary N) is 2. The molecule has 2 N–H and O–H groups in total. The molecule has 0 radical (unpaired) electrons. The number of carbonyl (C=O) groups excluding carboxylic acids is 1. The van der Waals surface area contributed by atoms with Crippen LogP contribution >= 0.6 is 0 Å². The second kappa shape index (κ2) is 3.55. The zero-order chi connectivity index (χ0) is 9.10. The van der Waals surface area contributed by atoms with E-state index < -0.39 is 0 Å². The van der Waals surface area contributed by atoms with E-state index in [1.165, 1.54) is 19.2 Å². The highest BCUT2D eigenvalue weighted by atomic mass is 16.2. The Kier molecular flexibility index (Phi) is 2.25. The summed E-state index contributed by atoms with van der Waals surface area (Å²) in [6.45, 7) is 0.740. The van der Waals surface area contributed by atoms with E-state index in [1.807, 2.05) is 0 Å². The summed E-state index contributed by atoms with van der Waals surface area (Å²) in [5.74, 6) is 0.962. The molecule has 1 saturated carbocycles. The predicted molar refractivity (Wildman–Crippen MR) is 46.1 cm³/mol. The van der Waals surface area contributed by atoms with Crippen molar-refractivity contribution in [3.63, 3.8) is 0 Å². The fraction of sp³-hybridized carbons (Fsp3) is 0.625. The average molecular weight is 180 g/mol. The van der Waals surface area contributed by atoms with Crippen LogP contribution in [0.4, 0.5) is 0 Å². The summed E-state index contributed by atoms with van der Waals surface area (Å²) in [6.07, 6.45) is 5.05. The molecule has 0 bridgehead atoms. The number of aromatic nitrogens is 3. The zero-order valence-electron chi connectivity index (χ0n) is 7.29. The van der Waals surface area contributed by atoms with Crippen LogP contribution in [-0.2, 0) is 0 Å². The second-order valence-electron chi connectivity index (χ2n) is 3.32. The van der Waals surface area contributed by atoms with Gasteiger partial charge >= 0.3 is 0 Å². The van der Waals surface area contributed by atoms with Crippen molar-refractivity contribution in [2.24, 2.45) is 5.92 Å². The number of amides is 1. The molecule has 13 heavy (non-hydrogen) atoms. The minimum atomic E-state index is -0.168. The molecule has 70 valence electrons. The lowest BCUT2D eigenvalue weighted by Crippen LogP contribution is -2.25. The first kappa shape index (κ1) is 8.22. The van der Waals surface area contributed by atoms with E-state index in [1.54, 1.807) is 0 Å². The topological polar surface area (TPSA) is 70.7 Å². The van der Waals surface area contributed by atoms with E-state index in [2.05, 4.69) is 20.5 Å². The Bertz CT molecular complexity index is 278. The smallest absolute Gasteiger partial charge is 0.288 e. The number of aromatic amines is 1. The molecule has 0 aliphatic heterocycles. The van der Waals surface area contributed by atoms with Gasteiger partial charge in [-0.05, 0) is 12.3 Å². The van der Waals surface area contributed by atoms with Gasteiger partial charge in [-0.25, -0.2) is 4.98 Å². The van der Waals surface area contributed by atoms with Crippen LogP contribution in [0, 0.1) is 5.92 Å². The van der Waals surface area contributed by atoms with Crippen molar-refractivity contribution in [1.82, 2.24) is 20.5 Å². The summed E-state index contributed by atoms with van der Waals surface area (Å²) < 4.78 is 0. The van der Waals surface area contributed by atoms with E-state index >= 15 is 0 Å². The molecule has 0 aromatic carbocycles. The number of H-pyrrole nitrogens is 1. The lowest BCUT2D eigenvalue weighted by atomic mass is 10.3. The minimum Gasteiger partial charge on any atom is -0.349 e. The standard InChI is InChI=1S/C8H12N4O/c13-8(7-10-5-11-12-7)9-4-3-6-1-2-6/h5-6H,1-4H2,(H,9,13)(H,10,11,12). The fourth-order valence-corrected chi connectivity index (χ4v) is 1.19. The van der Waals surface area contributed by atoms with Crippen LogP contribution in [0.15, 0.2) is 6.33 Å². The van der Waals surface area contributed by atoms with Crippen molar-refractivity contribution in [3.8, 4) is 0 Å². The van der Waals surface area contributed by atoms with Crippen molar-refractivity contribution in [2.75, 3.05) is 6.54 Å². The maximum absolute atomic E-state index is 11.3. The maximum atomic E-state index is 11.3. The van der Waals surface area contributed by atoms with Crippen LogP contribution < -0.4 is 5.32 Å². The second-order valence-corrected chi connectivity index (χ2v) is 3.32. The van der Waals surface area contributed by atoms with Gasteiger partial charge in [0, 0.05) is 6.54 Å². The molecular formula is C8H12N4O. The van der Waals surface area contributed by atoms with Crippen molar-refractivity contribution in [3.05, 3.63) is 12.2 Å². The Balaban J connectivity index is 1.71. The first-order valence-electron chi connectivity index (χ1n) is 4.50. The van der Waals surface area contributed by atoms with E-state index in [-0.39, 0.29) is 11.7 Å². The number of carbonyl (C=O) groups is 1. The van der Waals surface area contributed by atoms with E-state index in [4.69, 9.17) is 0 Å². The molecular weight excluding hydrogens is 168 g/mol. The highest BCUT2D eigenvalue weighted by molar-refractivity contribution is 5.90. The van der Waals surface area contributed by atoms with Crippen LogP contribution in [0.25, 0.3) is 0 Å². The highest BCUT2D eigenvalue weighted by Crippen LogP contribution is 2.31. The Morgan fingerprint density at radius 2 is 2.54 bits per heavy atom.